The Morgan fingerprint density at radius 1 is 1.73 bits per heavy atom. The number of nitrogens with zero attached hydrogens (tertiary/aromatic N) is 1. The van der Waals surface area contributed by atoms with Crippen LogP contribution >= 0.6 is 12.2 Å². The summed E-state index contributed by atoms with van der Waals surface area (Å²) in [5.41, 5.74) is 1.13. The van der Waals surface area contributed by atoms with E-state index in [2.05, 4.69) is 18.9 Å². The number of H-pyrrole nitrogens is 1. The highest BCUT2D eigenvalue weighted by Crippen LogP contribution is 2.10. The summed E-state index contributed by atoms with van der Waals surface area (Å²) in [6.07, 6.45) is 1.11. The number of aromatic amines is 1. The van der Waals surface area contributed by atoms with E-state index in [0.29, 0.717) is 6.04 Å². The van der Waals surface area contributed by atoms with Crippen LogP contribution in [0.15, 0.2) is 6.07 Å². The molecule has 1 aromatic rings. The van der Waals surface area contributed by atoms with Gasteiger partial charge in [0.05, 0.1) is 0 Å². The molecule has 0 amide bonds. The van der Waals surface area contributed by atoms with Crippen LogP contribution in [-0.2, 0) is 0 Å². The fourth-order valence-corrected chi connectivity index (χ4v) is 1.44. The summed E-state index contributed by atoms with van der Waals surface area (Å²) in [6.45, 7) is 6.34. The number of rotatable bonds is 2. The van der Waals surface area contributed by atoms with Gasteiger partial charge in [0, 0.05) is 11.7 Å². The fourth-order valence-electron chi connectivity index (χ4n) is 1.04. The van der Waals surface area contributed by atoms with Gasteiger partial charge in [-0.05, 0) is 26.3 Å². The Morgan fingerprint density at radius 3 is 2.73 bits per heavy atom. The molecular formula is C8H14N2S. The van der Waals surface area contributed by atoms with Crippen LogP contribution < -0.4 is 0 Å². The minimum atomic E-state index is 0.483. The lowest BCUT2D eigenvalue weighted by Gasteiger charge is -2.09. The van der Waals surface area contributed by atoms with Gasteiger partial charge in [0.25, 0.3) is 0 Å². The van der Waals surface area contributed by atoms with Crippen LogP contribution in [0.1, 0.15) is 32.0 Å². The van der Waals surface area contributed by atoms with E-state index in [0.717, 1.165) is 16.8 Å². The summed E-state index contributed by atoms with van der Waals surface area (Å²) in [6, 6.07) is 2.47. The molecule has 0 aromatic carbocycles. The minimum absolute atomic E-state index is 0.483. The van der Waals surface area contributed by atoms with Gasteiger partial charge in [0.15, 0.2) is 0 Å². The Labute approximate surface area is 72.2 Å². The van der Waals surface area contributed by atoms with E-state index in [1.54, 1.807) is 0 Å². The molecule has 0 aliphatic rings. The van der Waals surface area contributed by atoms with Crippen molar-refractivity contribution in [1.29, 1.82) is 0 Å². The first-order valence-electron chi connectivity index (χ1n) is 3.93. The molecule has 1 atom stereocenters. The maximum absolute atomic E-state index is 5.15. The highest BCUT2D eigenvalue weighted by atomic mass is 32.1. The number of aromatic nitrogens is 2. The van der Waals surface area contributed by atoms with Crippen LogP contribution in [0, 0.1) is 11.6 Å². The zero-order valence-electron chi connectivity index (χ0n) is 7.22. The van der Waals surface area contributed by atoms with E-state index in [4.69, 9.17) is 12.2 Å². The smallest absolute Gasteiger partial charge is 0.122 e. The maximum atomic E-state index is 5.15. The molecular weight excluding hydrogens is 156 g/mol. The van der Waals surface area contributed by atoms with Gasteiger partial charge in [-0.2, -0.15) is 0 Å². The lowest BCUT2D eigenvalue weighted by molar-refractivity contribution is 0.470. The first-order chi connectivity index (χ1) is 5.15. The van der Waals surface area contributed by atoms with Crippen molar-refractivity contribution in [1.82, 2.24) is 9.78 Å². The Hall–Kier alpha value is -0.570. The average Bonchev–Trinajstić information content (AvgIpc) is 2.28. The van der Waals surface area contributed by atoms with Crippen LogP contribution in [0.2, 0.25) is 0 Å². The molecule has 0 bridgehead atoms. The molecule has 0 saturated carbocycles. The van der Waals surface area contributed by atoms with Gasteiger partial charge in [-0.25, -0.2) is 0 Å². The van der Waals surface area contributed by atoms with Gasteiger partial charge < -0.3 is 5.10 Å². The number of hydrogen-bond donors (Lipinski definition) is 1. The Bertz CT molecular complexity index is 285. The second kappa shape index (κ2) is 3.22. The molecule has 1 N–H and O–H groups in total. The molecule has 1 aromatic heterocycles. The van der Waals surface area contributed by atoms with E-state index in [9.17, 15) is 0 Å². The van der Waals surface area contributed by atoms with E-state index in [-0.39, 0.29) is 0 Å². The molecule has 0 aliphatic heterocycles. The molecule has 0 saturated heterocycles. The highest BCUT2D eigenvalue weighted by molar-refractivity contribution is 7.71. The molecule has 0 radical (unpaired) electrons. The minimum Gasteiger partial charge on any atom is -0.302 e. The zero-order valence-corrected chi connectivity index (χ0v) is 8.03. The average molecular weight is 170 g/mol. The van der Waals surface area contributed by atoms with Crippen molar-refractivity contribution in [2.45, 2.75) is 33.2 Å². The van der Waals surface area contributed by atoms with E-state index < -0.39 is 0 Å². The molecule has 3 heteroatoms. The van der Waals surface area contributed by atoms with Gasteiger partial charge in [-0.1, -0.05) is 19.1 Å². The van der Waals surface area contributed by atoms with Crippen LogP contribution in [0.3, 0.4) is 0 Å². The third-order valence-electron chi connectivity index (χ3n) is 1.91. The van der Waals surface area contributed by atoms with Crippen molar-refractivity contribution in [3.05, 3.63) is 16.4 Å². The van der Waals surface area contributed by atoms with E-state index in [1.165, 1.54) is 0 Å². The topological polar surface area (TPSA) is 20.7 Å². The zero-order chi connectivity index (χ0) is 8.43. The number of nitrogens with one attached hydrogen (secondary N) is 1. The monoisotopic (exact) mass is 170 g/mol. The first-order valence-corrected chi connectivity index (χ1v) is 4.34. The molecule has 0 aliphatic carbocycles. The Kier molecular flexibility index (Phi) is 2.49. The quantitative estimate of drug-likeness (QED) is 0.677. The predicted molar refractivity (Wildman–Crippen MR) is 49.4 cm³/mol. The molecule has 0 fully saturated rings. The first kappa shape index (κ1) is 8.53. The third kappa shape index (κ3) is 1.71. The Balaban J connectivity index is 3.03. The maximum Gasteiger partial charge on any atom is 0.122 e. The van der Waals surface area contributed by atoms with Gasteiger partial charge in [0.2, 0.25) is 0 Å². The molecule has 62 valence electrons. The van der Waals surface area contributed by atoms with Crippen LogP contribution in [0.4, 0.5) is 0 Å². The predicted octanol–water partition coefficient (Wildman–Crippen LogP) is 2.83. The summed E-state index contributed by atoms with van der Waals surface area (Å²) in [5, 5.41) is 3.21. The molecule has 11 heavy (non-hydrogen) atoms. The van der Waals surface area contributed by atoms with E-state index >= 15 is 0 Å². The molecule has 1 unspecified atom stereocenters. The Morgan fingerprint density at radius 2 is 2.36 bits per heavy atom. The van der Waals surface area contributed by atoms with Gasteiger partial charge in [0.1, 0.15) is 4.64 Å². The van der Waals surface area contributed by atoms with E-state index in [1.807, 2.05) is 17.7 Å². The fraction of sp³-hybridized carbons (Fsp3) is 0.625. The van der Waals surface area contributed by atoms with Crippen molar-refractivity contribution in [2.75, 3.05) is 0 Å². The summed E-state index contributed by atoms with van der Waals surface area (Å²) >= 11 is 5.15. The van der Waals surface area contributed by atoms with Crippen molar-refractivity contribution in [2.24, 2.45) is 0 Å². The second-order valence-electron chi connectivity index (χ2n) is 2.90. The molecule has 1 rings (SSSR count). The van der Waals surface area contributed by atoms with Crippen LogP contribution in [0.5, 0.6) is 0 Å². The van der Waals surface area contributed by atoms with Crippen molar-refractivity contribution in [3.8, 4) is 0 Å². The standard InChI is InChI=1S/C8H14N2S/c1-4-7(3)10-8(11)5-6(2)9-10/h5,7,9H,4H2,1-3H3. The van der Waals surface area contributed by atoms with Crippen molar-refractivity contribution in [3.63, 3.8) is 0 Å². The lowest BCUT2D eigenvalue weighted by atomic mass is 10.3. The normalized spacial score (nSPS) is 13.4. The molecule has 1 heterocycles. The largest absolute Gasteiger partial charge is 0.302 e. The molecule has 2 nitrogen and oxygen atoms in total. The summed E-state index contributed by atoms with van der Waals surface area (Å²) in [7, 11) is 0. The van der Waals surface area contributed by atoms with Crippen LogP contribution in [0.25, 0.3) is 0 Å². The second-order valence-corrected chi connectivity index (χ2v) is 3.32. The van der Waals surface area contributed by atoms with Crippen molar-refractivity contribution >= 4 is 12.2 Å². The van der Waals surface area contributed by atoms with Crippen LogP contribution in [-0.4, -0.2) is 9.78 Å². The van der Waals surface area contributed by atoms with Gasteiger partial charge in [-0.3, -0.25) is 4.68 Å². The van der Waals surface area contributed by atoms with Crippen molar-refractivity contribution < 1.29 is 0 Å². The number of hydrogen-bond acceptors (Lipinski definition) is 1. The summed E-state index contributed by atoms with van der Waals surface area (Å²) in [5.74, 6) is 0. The lowest BCUT2D eigenvalue weighted by Crippen LogP contribution is -2.05. The molecule has 0 spiro atoms. The highest BCUT2D eigenvalue weighted by Gasteiger charge is 2.02. The SMILES string of the molecule is CCC(C)n1[nH]c(C)cc1=S. The van der Waals surface area contributed by atoms with Gasteiger partial charge >= 0.3 is 0 Å². The number of aryl methyl sites for hydroxylation is 1. The third-order valence-corrected chi connectivity index (χ3v) is 2.22. The summed E-state index contributed by atoms with van der Waals surface area (Å²) < 4.78 is 2.93. The summed E-state index contributed by atoms with van der Waals surface area (Å²) in [4.78, 5) is 0. The van der Waals surface area contributed by atoms with Gasteiger partial charge in [-0.15, -0.1) is 0 Å².